The molecule has 1 aromatic heterocycles. The lowest BCUT2D eigenvalue weighted by Crippen LogP contribution is -2.35. The van der Waals surface area contributed by atoms with E-state index in [0.717, 1.165) is 0 Å². The van der Waals surface area contributed by atoms with Crippen molar-refractivity contribution in [3.63, 3.8) is 0 Å². The highest BCUT2D eigenvalue weighted by atomic mass is 35.5. The standard InChI is InChI=1S/C10H7Cl2N3O4/c1-2-19-4(16)3-15-9(17)5-6(10(15)18)14-8(12)7(11)13-5/h2-3H2,1H3. The van der Waals surface area contributed by atoms with Gasteiger partial charge < -0.3 is 4.74 Å². The van der Waals surface area contributed by atoms with Crippen molar-refractivity contribution in [2.24, 2.45) is 0 Å². The summed E-state index contributed by atoms with van der Waals surface area (Å²) in [6.07, 6.45) is 0. The Morgan fingerprint density at radius 1 is 1.16 bits per heavy atom. The Morgan fingerprint density at radius 2 is 1.63 bits per heavy atom. The normalized spacial score (nSPS) is 13.7. The van der Waals surface area contributed by atoms with E-state index in [9.17, 15) is 14.4 Å². The summed E-state index contributed by atoms with van der Waals surface area (Å²) in [6.45, 7) is 1.26. The summed E-state index contributed by atoms with van der Waals surface area (Å²) in [7, 11) is 0. The first-order valence-corrected chi connectivity index (χ1v) is 5.96. The van der Waals surface area contributed by atoms with Gasteiger partial charge in [0.2, 0.25) is 0 Å². The third-order valence-corrected chi connectivity index (χ3v) is 2.93. The van der Waals surface area contributed by atoms with E-state index in [0.29, 0.717) is 4.90 Å². The molecule has 0 aliphatic carbocycles. The zero-order valence-corrected chi connectivity index (χ0v) is 11.2. The summed E-state index contributed by atoms with van der Waals surface area (Å²) in [5, 5.41) is -0.362. The third-order valence-electron chi connectivity index (χ3n) is 2.30. The molecule has 0 radical (unpaired) electrons. The summed E-state index contributed by atoms with van der Waals surface area (Å²) in [5.74, 6) is -2.20. The van der Waals surface area contributed by atoms with Crippen LogP contribution in [0.25, 0.3) is 0 Å². The predicted octanol–water partition coefficient (Wildman–Crippen LogP) is 0.942. The monoisotopic (exact) mass is 303 g/mol. The number of hydrogen-bond donors (Lipinski definition) is 0. The van der Waals surface area contributed by atoms with E-state index in [1.807, 2.05) is 0 Å². The van der Waals surface area contributed by atoms with E-state index in [4.69, 9.17) is 23.2 Å². The predicted molar refractivity (Wildman–Crippen MR) is 64.1 cm³/mol. The minimum Gasteiger partial charge on any atom is -0.465 e. The zero-order chi connectivity index (χ0) is 14.2. The number of carbonyl (C=O) groups is 3. The van der Waals surface area contributed by atoms with Gasteiger partial charge in [0.1, 0.15) is 6.54 Å². The van der Waals surface area contributed by atoms with Crippen LogP contribution in [0.1, 0.15) is 27.9 Å². The second-order valence-electron chi connectivity index (χ2n) is 3.50. The number of imide groups is 1. The molecule has 7 nitrogen and oxygen atoms in total. The van der Waals surface area contributed by atoms with E-state index in [1.54, 1.807) is 6.92 Å². The Hall–Kier alpha value is -1.73. The molecule has 0 N–H and O–H groups in total. The maximum absolute atomic E-state index is 11.9. The lowest BCUT2D eigenvalue weighted by Gasteiger charge is -2.11. The molecule has 100 valence electrons. The molecule has 0 saturated carbocycles. The first kappa shape index (κ1) is 13.7. The van der Waals surface area contributed by atoms with E-state index in [1.165, 1.54) is 0 Å². The summed E-state index contributed by atoms with van der Waals surface area (Å²) in [6, 6.07) is 0. The number of nitrogens with zero attached hydrogens (tertiary/aromatic N) is 3. The number of fused-ring (bicyclic) bond motifs is 1. The van der Waals surface area contributed by atoms with Crippen molar-refractivity contribution in [2.75, 3.05) is 13.2 Å². The smallest absolute Gasteiger partial charge is 0.326 e. The van der Waals surface area contributed by atoms with Crippen molar-refractivity contribution < 1.29 is 19.1 Å². The summed E-state index contributed by atoms with van der Waals surface area (Å²) in [5.41, 5.74) is -0.438. The van der Waals surface area contributed by atoms with Crippen LogP contribution in [-0.2, 0) is 9.53 Å². The Labute approximate surface area is 117 Å². The van der Waals surface area contributed by atoms with Crippen molar-refractivity contribution in [2.45, 2.75) is 6.92 Å². The number of halogens is 2. The maximum Gasteiger partial charge on any atom is 0.326 e. The van der Waals surface area contributed by atoms with Crippen LogP contribution in [0.15, 0.2) is 0 Å². The van der Waals surface area contributed by atoms with Gasteiger partial charge in [-0.2, -0.15) is 0 Å². The van der Waals surface area contributed by atoms with E-state index in [-0.39, 0.29) is 28.3 Å². The van der Waals surface area contributed by atoms with E-state index >= 15 is 0 Å². The molecule has 2 rings (SSSR count). The lowest BCUT2D eigenvalue weighted by atomic mass is 10.3. The number of rotatable bonds is 3. The van der Waals surface area contributed by atoms with Gasteiger partial charge >= 0.3 is 5.97 Å². The molecule has 1 aromatic rings. The largest absolute Gasteiger partial charge is 0.465 e. The average Bonchev–Trinajstić information content (AvgIpc) is 2.56. The van der Waals surface area contributed by atoms with Crippen LogP contribution in [0.2, 0.25) is 10.3 Å². The number of hydrogen-bond acceptors (Lipinski definition) is 6. The zero-order valence-electron chi connectivity index (χ0n) is 9.64. The fraction of sp³-hybridized carbons (Fsp3) is 0.300. The molecular formula is C10H7Cl2N3O4. The van der Waals surface area contributed by atoms with E-state index in [2.05, 4.69) is 14.7 Å². The molecule has 0 atom stereocenters. The Kier molecular flexibility index (Phi) is 3.68. The number of ether oxygens (including phenoxy) is 1. The maximum atomic E-state index is 11.9. The topological polar surface area (TPSA) is 89.5 Å². The van der Waals surface area contributed by atoms with E-state index < -0.39 is 24.3 Å². The molecule has 0 saturated heterocycles. The molecule has 2 heterocycles. The molecule has 0 unspecified atom stereocenters. The summed E-state index contributed by atoms with van der Waals surface area (Å²) >= 11 is 11.3. The molecule has 1 aliphatic heterocycles. The number of esters is 1. The number of aromatic nitrogens is 2. The Balaban J connectivity index is 2.31. The third kappa shape index (κ3) is 2.39. The fourth-order valence-corrected chi connectivity index (χ4v) is 1.77. The van der Waals surface area contributed by atoms with Crippen LogP contribution in [-0.4, -0.2) is 45.8 Å². The SMILES string of the molecule is CCOC(=O)CN1C(=O)c2nc(Cl)c(Cl)nc2C1=O. The van der Waals surface area contributed by atoms with Gasteiger partial charge in [-0.25, -0.2) is 9.97 Å². The molecule has 0 aromatic carbocycles. The van der Waals surface area contributed by atoms with Crippen LogP contribution in [0.4, 0.5) is 0 Å². The van der Waals surface area contributed by atoms with Crippen LogP contribution in [0, 0.1) is 0 Å². The van der Waals surface area contributed by atoms with Crippen LogP contribution in [0.3, 0.4) is 0 Å². The lowest BCUT2D eigenvalue weighted by molar-refractivity contribution is -0.143. The van der Waals surface area contributed by atoms with Gasteiger partial charge in [0.15, 0.2) is 21.7 Å². The molecule has 19 heavy (non-hydrogen) atoms. The van der Waals surface area contributed by atoms with Crippen molar-refractivity contribution in [3.8, 4) is 0 Å². The minimum absolute atomic E-state index is 0.149. The molecule has 0 bridgehead atoms. The van der Waals surface area contributed by atoms with Crippen LogP contribution >= 0.6 is 23.2 Å². The molecule has 9 heteroatoms. The fourth-order valence-electron chi connectivity index (χ4n) is 1.52. The molecule has 2 amide bonds. The second kappa shape index (κ2) is 5.10. The summed E-state index contributed by atoms with van der Waals surface area (Å²) in [4.78, 5) is 43.2. The Bertz CT molecular complexity index is 549. The first-order valence-electron chi connectivity index (χ1n) is 5.20. The van der Waals surface area contributed by atoms with Gasteiger partial charge in [-0.05, 0) is 6.92 Å². The average molecular weight is 304 g/mol. The van der Waals surface area contributed by atoms with Gasteiger partial charge in [0.05, 0.1) is 6.61 Å². The van der Waals surface area contributed by atoms with Gasteiger partial charge in [0.25, 0.3) is 11.8 Å². The van der Waals surface area contributed by atoms with Gasteiger partial charge in [-0.3, -0.25) is 19.3 Å². The van der Waals surface area contributed by atoms with Gasteiger partial charge in [-0.1, -0.05) is 23.2 Å². The quantitative estimate of drug-likeness (QED) is 0.610. The molecule has 0 spiro atoms. The van der Waals surface area contributed by atoms with Crippen molar-refractivity contribution in [3.05, 3.63) is 21.7 Å². The highest BCUT2D eigenvalue weighted by Gasteiger charge is 2.40. The van der Waals surface area contributed by atoms with Crippen LogP contribution in [0.5, 0.6) is 0 Å². The van der Waals surface area contributed by atoms with Crippen molar-refractivity contribution in [1.82, 2.24) is 14.9 Å². The summed E-state index contributed by atoms with van der Waals surface area (Å²) < 4.78 is 4.67. The first-order chi connectivity index (χ1) is 8.95. The highest BCUT2D eigenvalue weighted by molar-refractivity contribution is 6.40. The number of carbonyl (C=O) groups excluding carboxylic acids is 3. The van der Waals surface area contributed by atoms with Gasteiger partial charge in [0, 0.05) is 0 Å². The number of amides is 2. The van der Waals surface area contributed by atoms with Gasteiger partial charge in [-0.15, -0.1) is 0 Å². The molecule has 1 aliphatic rings. The van der Waals surface area contributed by atoms with Crippen molar-refractivity contribution in [1.29, 1.82) is 0 Å². The van der Waals surface area contributed by atoms with Crippen LogP contribution < -0.4 is 0 Å². The molecular weight excluding hydrogens is 297 g/mol. The van der Waals surface area contributed by atoms with Crippen molar-refractivity contribution >= 4 is 41.0 Å². The minimum atomic E-state index is -0.751. The molecule has 0 fully saturated rings. The Morgan fingerprint density at radius 3 is 2.05 bits per heavy atom. The second-order valence-corrected chi connectivity index (χ2v) is 4.22. The highest BCUT2D eigenvalue weighted by Crippen LogP contribution is 2.25.